The van der Waals surface area contributed by atoms with Gasteiger partial charge in [-0.05, 0) is 6.42 Å². The van der Waals surface area contributed by atoms with Crippen LogP contribution in [-0.4, -0.2) is 17.9 Å². The first-order valence-electron chi connectivity index (χ1n) is 3.29. The molecule has 0 saturated heterocycles. The Bertz CT molecular complexity index is 112. The normalized spacial score (nSPS) is 16.0. The molecule has 0 aromatic rings. The van der Waals surface area contributed by atoms with Crippen LogP contribution in [0.2, 0.25) is 0 Å². The maximum atomic E-state index is 10.8. The second-order valence-electron chi connectivity index (χ2n) is 2.44. The molecule has 0 bridgehead atoms. The second kappa shape index (κ2) is 4.72. The van der Waals surface area contributed by atoms with E-state index >= 15 is 0 Å². The first-order valence-corrected chi connectivity index (χ1v) is 4.21. The molecule has 0 radical (unpaired) electrons. The first-order chi connectivity index (χ1) is 4.57. The highest BCUT2D eigenvalue weighted by atomic mass is 79.9. The molecule has 0 aliphatic carbocycles. The minimum Gasteiger partial charge on any atom is -0.469 e. The molecule has 0 aliphatic heterocycles. The SMILES string of the molecule is COC(=O)C(C)CC(C)Br. The molecule has 0 amide bonds. The fourth-order valence-corrected chi connectivity index (χ4v) is 1.35. The molecule has 3 heteroatoms. The molecular weight excluding hydrogens is 196 g/mol. The monoisotopic (exact) mass is 208 g/mol. The smallest absolute Gasteiger partial charge is 0.308 e. The summed E-state index contributed by atoms with van der Waals surface area (Å²) >= 11 is 3.36. The topological polar surface area (TPSA) is 26.3 Å². The third-order valence-electron chi connectivity index (χ3n) is 1.28. The maximum absolute atomic E-state index is 10.8. The van der Waals surface area contributed by atoms with E-state index < -0.39 is 0 Å². The average molecular weight is 209 g/mol. The van der Waals surface area contributed by atoms with Gasteiger partial charge in [0.05, 0.1) is 13.0 Å². The standard InChI is InChI=1S/C7H13BrO2/c1-5(4-6(2)8)7(9)10-3/h5-6H,4H2,1-3H3. The molecule has 10 heavy (non-hydrogen) atoms. The number of halogens is 1. The summed E-state index contributed by atoms with van der Waals surface area (Å²) in [6.45, 7) is 3.88. The summed E-state index contributed by atoms with van der Waals surface area (Å²) in [6, 6.07) is 0. The van der Waals surface area contributed by atoms with Gasteiger partial charge in [-0.15, -0.1) is 0 Å². The predicted molar refractivity (Wildman–Crippen MR) is 44.2 cm³/mol. The first kappa shape index (κ1) is 9.95. The van der Waals surface area contributed by atoms with E-state index in [2.05, 4.69) is 20.7 Å². The number of carbonyl (C=O) groups is 1. The lowest BCUT2D eigenvalue weighted by Gasteiger charge is -2.09. The fraction of sp³-hybridized carbons (Fsp3) is 0.857. The summed E-state index contributed by atoms with van der Waals surface area (Å²) in [4.78, 5) is 11.2. The molecule has 60 valence electrons. The van der Waals surface area contributed by atoms with Crippen molar-refractivity contribution >= 4 is 21.9 Å². The molecule has 0 rings (SSSR count). The summed E-state index contributed by atoms with van der Waals surface area (Å²) in [5.41, 5.74) is 0. The number of hydrogen-bond acceptors (Lipinski definition) is 2. The van der Waals surface area contributed by atoms with Crippen LogP contribution in [0.1, 0.15) is 20.3 Å². The molecule has 0 aromatic heterocycles. The van der Waals surface area contributed by atoms with Gasteiger partial charge in [-0.2, -0.15) is 0 Å². The van der Waals surface area contributed by atoms with Crippen LogP contribution >= 0.6 is 15.9 Å². The number of carbonyl (C=O) groups excluding carboxylic acids is 1. The summed E-state index contributed by atoms with van der Waals surface area (Å²) in [6.07, 6.45) is 0.826. The van der Waals surface area contributed by atoms with Crippen molar-refractivity contribution < 1.29 is 9.53 Å². The molecular formula is C7H13BrO2. The fourth-order valence-electron chi connectivity index (χ4n) is 0.785. The maximum Gasteiger partial charge on any atom is 0.308 e. The summed E-state index contributed by atoms with van der Waals surface area (Å²) in [7, 11) is 1.41. The van der Waals surface area contributed by atoms with Gasteiger partial charge >= 0.3 is 5.97 Å². The number of ether oxygens (including phenoxy) is 1. The lowest BCUT2D eigenvalue weighted by atomic mass is 10.1. The van der Waals surface area contributed by atoms with Crippen LogP contribution in [0.4, 0.5) is 0 Å². The van der Waals surface area contributed by atoms with E-state index in [4.69, 9.17) is 0 Å². The highest BCUT2D eigenvalue weighted by Crippen LogP contribution is 2.12. The molecule has 0 N–H and O–H groups in total. The molecule has 0 heterocycles. The Labute approximate surface area is 70.1 Å². The van der Waals surface area contributed by atoms with Crippen LogP contribution in [0, 0.1) is 5.92 Å². The summed E-state index contributed by atoms with van der Waals surface area (Å²) in [5, 5.41) is 0. The van der Waals surface area contributed by atoms with Crippen LogP contribution in [0.5, 0.6) is 0 Å². The molecule has 0 aromatic carbocycles. The van der Waals surface area contributed by atoms with E-state index in [0.717, 1.165) is 6.42 Å². The van der Waals surface area contributed by atoms with Crippen LogP contribution < -0.4 is 0 Å². The summed E-state index contributed by atoms with van der Waals surface area (Å²) < 4.78 is 4.55. The van der Waals surface area contributed by atoms with E-state index in [0.29, 0.717) is 4.83 Å². The van der Waals surface area contributed by atoms with Gasteiger partial charge < -0.3 is 4.74 Å². The van der Waals surface area contributed by atoms with Crippen molar-refractivity contribution in [2.24, 2.45) is 5.92 Å². The van der Waals surface area contributed by atoms with Gasteiger partial charge in [-0.1, -0.05) is 29.8 Å². The Hall–Kier alpha value is -0.0500. The molecule has 0 fully saturated rings. The van der Waals surface area contributed by atoms with Crippen molar-refractivity contribution in [3.8, 4) is 0 Å². The quantitative estimate of drug-likeness (QED) is 0.524. The highest BCUT2D eigenvalue weighted by molar-refractivity contribution is 9.09. The zero-order valence-corrected chi connectivity index (χ0v) is 8.14. The zero-order valence-electron chi connectivity index (χ0n) is 6.56. The van der Waals surface area contributed by atoms with Crippen LogP contribution in [0.15, 0.2) is 0 Å². The highest BCUT2D eigenvalue weighted by Gasteiger charge is 2.14. The minimum absolute atomic E-state index is 0.000579. The van der Waals surface area contributed by atoms with E-state index in [1.807, 2.05) is 13.8 Å². The average Bonchev–Trinajstić information content (AvgIpc) is 1.85. The zero-order chi connectivity index (χ0) is 8.15. The number of esters is 1. The molecule has 2 nitrogen and oxygen atoms in total. The largest absolute Gasteiger partial charge is 0.469 e. The van der Waals surface area contributed by atoms with Crippen molar-refractivity contribution in [1.29, 1.82) is 0 Å². The van der Waals surface area contributed by atoms with E-state index in [1.165, 1.54) is 7.11 Å². The van der Waals surface area contributed by atoms with E-state index in [1.54, 1.807) is 0 Å². The van der Waals surface area contributed by atoms with Crippen molar-refractivity contribution in [2.75, 3.05) is 7.11 Å². The van der Waals surface area contributed by atoms with Gasteiger partial charge in [0.25, 0.3) is 0 Å². The van der Waals surface area contributed by atoms with Crippen LogP contribution in [0.3, 0.4) is 0 Å². The molecule has 2 atom stereocenters. The van der Waals surface area contributed by atoms with Gasteiger partial charge in [0.15, 0.2) is 0 Å². The Morgan fingerprint density at radius 3 is 2.40 bits per heavy atom. The van der Waals surface area contributed by atoms with Crippen molar-refractivity contribution in [3.05, 3.63) is 0 Å². The Morgan fingerprint density at radius 1 is 1.60 bits per heavy atom. The second-order valence-corrected chi connectivity index (χ2v) is 4.00. The third kappa shape index (κ3) is 3.88. The van der Waals surface area contributed by atoms with Crippen molar-refractivity contribution in [1.82, 2.24) is 0 Å². The Morgan fingerprint density at radius 2 is 2.10 bits per heavy atom. The predicted octanol–water partition coefficient (Wildman–Crippen LogP) is 1.97. The van der Waals surface area contributed by atoms with Gasteiger partial charge in [0.1, 0.15) is 0 Å². The number of alkyl halides is 1. The number of hydrogen-bond donors (Lipinski definition) is 0. The minimum atomic E-state index is -0.133. The third-order valence-corrected chi connectivity index (χ3v) is 1.66. The Kier molecular flexibility index (Phi) is 4.69. The lowest BCUT2D eigenvalue weighted by molar-refractivity contribution is -0.144. The van der Waals surface area contributed by atoms with E-state index in [-0.39, 0.29) is 11.9 Å². The molecule has 0 spiro atoms. The van der Waals surface area contributed by atoms with Gasteiger partial charge in [0, 0.05) is 4.83 Å². The van der Waals surface area contributed by atoms with Crippen molar-refractivity contribution in [3.63, 3.8) is 0 Å². The van der Waals surface area contributed by atoms with Gasteiger partial charge in [-0.3, -0.25) is 4.79 Å². The van der Waals surface area contributed by atoms with E-state index in [9.17, 15) is 4.79 Å². The molecule has 0 saturated carbocycles. The number of rotatable bonds is 3. The summed E-state index contributed by atoms with van der Waals surface area (Å²) in [5.74, 6) is -0.134. The van der Waals surface area contributed by atoms with Gasteiger partial charge in [-0.25, -0.2) is 0 Å². The number of methoxy groups -OCH3 is 1. The molecule has 2 unspecified atom stereocenters. The Balaban J connectivity index is 3.61. The van der Waals surface area contributed by atoms with Crippen molar-refractivity contribution in [2.45, 2.75) is 25.1 Å². The van der Waals surface area contributed by atoms with Crippen LogP contribution in [0.25, 0.3) is 0 Å². The lowest BCUT2D eigenvalue weighted by Crippen LogP contribution is -2.15. The van der Waals surface area contributed by atoms with Gasteiger partial charge in [0.2, 0.25) is 0 Å². The molecule has 0 aliphatic rings. The van der Waals surface area contributed by atoms with Crippen LogP contribution in [-0.2, 0) is 9.53 Å².